The zero-order valence-electron chi connectivity index (χ0n) is 11.5. The van der Waals surface area contributed by atoms with Crippen LogP contribution in [0.3, 0.4) is 0 Å². The van der Waals surface area contributed by atoms with Crippen LogP contribution >= 0.6 is 0 Å². The molecule has 0 aliphatic carbocycles. The number of hydrogen-bond acceptors (Lipinski definition) is 4. The quantitative estimate of drug-likeness (QED) is 0.653. The molecule has 0 spiro atoms. The first-order valence-corrected chi connectivity index (χ1v) is 6.92. The molecule has 19 heavy (non-hydrogen) atoms. The highest BCUT2D eigenvalue weighted by Crippen LogP contribution is 2.20. The van der Waals surface area contributed by atoms with Crippen LogP contribution in [-0.4, -0.2) is 36.9 Å². The lowest BCUT2D eigenvalue weighted by molar-refractivity contribution is 0.101. The predicted molar refractivity (Wildman–Crippen MR) is 76.6 cm³/mol. The van der Waals surface area contributed by atoms with Crippen LogP contribution in [-0.2, 0) is 0 Å². The van der Waals surface area contributed by atoms with Gasteiger partial charge in [0.25, 0.3) is 0 Å². The normalized spacial score (nSPS) is 16.3. The SMILES string of the molecule is CC(=O)c1cc(OCCN2CCCCC2)ccc1N. The second-order valence-electron chi connectivity index (χ2n) is 5.06. The van der Waals surface area contributed by atoms with Crippen molar-refractivity contribution in [2.75, 3.05) is 32.0 Å². The molecular formula is C15H22N2O2. The number of Topliss-reactive ketones (excluding diaryl/α,β-unsaturated/α-hetero) is 1. The Morgan fingerprint density at radius 1 is 1.32 bits per heavy atom. The standard InChI is InChI=1S/C15H22N2O2/c1-12(18)14-11-13(5-6-15(14)16)19-10-9-17-7-3-2-4-8-17/h5-6,11H,2-4,7-10,16H2,1H3. The van der Waals surface area contributed by atoms with E-state index in [0.717, 1.165) is 12.3 Å². The topological polar surface area (TPSA) is 55.6 Å². The lowest BCUT2D eigenvalue weighted by Crippen LogP contribution is -2.33. The Bertz CT molecular complexity index is 440. The van der Waals surface area contributed by atoms with Gasteiger partial charge in [-0.15, -0.1) is 0 Å². The van der Waals surface area contributed by atoms with E-state index >= 15 is 0 Å². The van der Waals surface area contributed by atoms with Crippen molar-refractivity contribution in [1.29, 1.82) is 0 Å². The Morgan fingerprint density at radius 3 is 2.74 bits per heavy atom. The van der Waals surface area contributed by atoms with Gasteiger partial charge in [-0.05, 0) is 51.1 Å². The molecule has 0 aromatic heterocycles. The van der Waals surface area contributed by atoms with E-state index in [1.165, 1.54) is 39.3 Å². The number of nitrogens with two attached hydrogens (primary N) is 1. The monoisotopic (exact) mass is 262 g/mol. The molecule has 0 unspecified atom stereocenters. The van der Waals surface area contributed by atoms with E-state index in [9.17, 15) is 4.79 Å². The number of rotatable bonds is 5. The van der Waals surface area contributed by atoms with Crippen LogP contribution in [0.4, 0.5) is 5.69 Å². The van der Waals surface area contributed by atoms with Gasteiger partial charge in [0.15, 0.2) is 5.78 Å². The second kappa shape index (κ2) is 6.57. The van der Waals surface area contributed by atoms with Gasteiger partial charge in [0, 0.05) is 17.8 Å². The number of benzene rings is 1. The summed E-state index contributed by atoms with van der Waals surface area (Å²) in [5, 5.41) is 0. The third-order valence-corrected chi connectivity index (χ3v) is 3.53. The molecule has 0 amide bonds. The molecule has 4 nitrogen and oxygen atoms in total. The molecule has 0 atom stereocenters. The lowest BCUT2D eigenvalue weighted by Gasteiger charge is -2.26. The molecule has 0 saturated carbocycles. The van der Waals surface area contributed by atoms with Crippen molar-refractivity contribution in [1.82, 2.24) is 4.90 Å². The smallest absolute Gasteiger partial charge is 0.162 e. The summed E-state index contributed by atoms with van der Waals surface area (Å²) in [4.78, 5) is 13.8. The highest BCUT2D eigenvalue weighted by Gasteiger charge is 2.10. The van der Waals surface area contributed by atoms with Gasteiger partial charge in [0.2, 0.25) is 0 Å². The molecule has 1 aromatic carbocycles. The summed E-state index contributed by atoms with van der Waals surface area (Å²) in [6.07, 6.45) is 3.92. The van der Waals surface area contributed by atoms with Crippen LogP contribution in [0.1, 0.15) is 36.5 Å². The Labute approximate surface area is 114 Å². The molecule has 1 aromatic rings. The number of piperidine rings is 1. The minimum Gasteiger partial charge on any atom is -0.492 e. The van der Waals surface area contributed by atoms with Gasteiger partial charge >= 0.3 is 0 Å². The van der Waals surface area contributed by atoms with Gasteiger partial charge in [0.1, 0.15) is 12.4 Å². The fourth-order valence-electron chi connectivity index (χ4n) is 2.41. The number of ketones is 1. The van der Waals surface area contributed by atoms with E-state index in [-0.39, 0.29) is 5.78 Å². The second-order valence-corrected chi connectivity index (χ2v) is 5.06. The van der Waals surface area contributed by atoms with Crippen LogP contribution in [0, 0.1) is 0 Å². The first-order chi connectivity index (χ1) is 9.16. The van der Waals surface area contributed by atoms with Crippen LogP contribution < -0.4 is 10.5 Å². The molecule has 1 aliphatic heterocycles. The van der Waals surface area contributed by atoms with Crippen LogP contribution in [0.25, 0.3) is 0 Å². The summed E-state index contributed by atoms with van der Waals surface area (Å²) in [7, 11) is 0. The maximum absolute atomic E-state index is 11.4. The van der Waals surface area contributed by atoms with Crippen molar-refractivity contribution in [2.24, 2.45) is 0 Å². The largest absolute Gasteiger partial charge is 0.492 e. The van der Waals surface area contributed by atoms with Crippen molar-refractivity contribution in [3.63, 3.8) is 0 Å². The third-order valence-electron chi connectivity index (χ3n) is 3.53. The fraction of sp³-hybridized carbons (Fsp3) is 0.533. The number of nitrogen functional groups attached to an aromatic ring is 1. The minimum absolute atomic E-state index is 0.0287. The average molecular weight is 262 g/mol. The number of ether oxygens (including phenoxy) is 1. The molecule has 1 fully saturated rings. The van der Waals surface area contributed by atoms with Crippen molar-refractivity contribution < 1.29 is 9.53 Å². The van der Waals surface area contributed by atoms with E-state index in [0.29, 0.717) is 17.9 Å². The molecule has 0 radical (unpaired) electrons. The fourth-order valence-corrected chi connectivity index (χ4v) is 2.41. The molecular weight excluding hydrogens is 240 g/mol. The molecule has 2 N–H and O–H groups in total. The summed E-state index contributed by atoms with van der Waals surface area (Å²) in [6, 6.07) is 5.28. The summed E-state index contributed by atoms with van der Waals surface area (Å²) in [5.41, 5.74) is 6.80. The number of carbonyl (C=O) groups is 1. The van der Waals surface area contributed by atoms with Crippen molar-refractivity contribution in [3.05, 3.63) is 23.8 Å². The predicted octanol–water partition coefficient (Wildman–Crippen LogP) is 2.34. The number of carbonyl (C=O) groups excluding carboxylic acids is 1. The first kappa shape index (κ1) is 13.9. The summed E-state index contributed by atoms with van der Waals surface area (Å²) >= 11 is 0. The molecule has 0 bridgehead atoms. The van der Waals surface area contributed by atoms with Crippen molar-refractivity contribution in [2.45, 2.75) is 26.2 Å². The van der Waals surface area contributed by atoms with E-state index in [1.807, 2.05) is 6.07 Å². The maximum atomic E-state index is 11.4. The van der Waals surface area contributed by atoms with Gasteiger partial charge in [0.05, 0.1) is 0 Å². The summed E-state index contributed by atoms with van der Waals surface area (Å²) in [5.74, 6) is 0.690. The average Bonchev–Trinajstić information content (AvgIpc) is 2.41. The summed E-state index contributed by atoms with van der Waals surface area (Å²) < 4.78 is 5.71. The van der Waals surface area contributed by atoms with Crippen LogP contribution in [0.5, 0.6) is 5.75 Å². The van der Waals surface area contributed by atoms with Gasteiger partial charge in [-0.25, -0.2) is 0 Å². The number of anilines is 1. The number of nitrogens with zero attached hydrogens (tertiary/aromatic N) is 1. The minimum atomic E-state index is -0.0287. The van der Waals surface area contributed by atoms with Crippen molar-refractivity contribution >= 4 is 11.5 Å². The number of likely N-dealkylation sites (tertiary alicyclic amines) is 1. The van der Waals surface area contributed by atoms with Crippen LogP contribution in [0.2, 0.25) is 0 Å². The molecule has 1 aliphatic rings. The zero-order valence-corrected chi connectivity index (χ0v) is 11.5. The van der Waals surface area contributed by atoms with E-state index < -0.39 is 0 Å². The zero-order chi connectivity index (χ0) is 13.7. The van der Waals surface area contributed by atoms with Crippen molar-refractivity contribution in [3.8, 4) is 5.75 Å². The molecule has 104 valence electrons. The Morgan fingerprint density at radius 2 is 2.05 bits per heavy atom. The van der Waals surface area contributed by atoms with Gasteiger partial charge in [-0.2, -0.15) is 0 Å². The maximum Gasteiger partial charge on any atom is 0.162 e. The van der Waals surface area contributed by atoms with Crippen LogP contribution in [0.15, 0.2) is 18.2 Å². The Hall–Kier alpha value is -1.55. The number of hydrogen-bond donors (Lipinski definition) is 1. The Balaban J connectivity index is 1.85. The third kappa shape index (κ3) is 3.96. The van der Waals surface area contributed by atoms with Gasteiger partial charge in [-0.3, -0.25) is 9.69 Å². The molecule has 1 heterocycles. The van der Waals surface area contributed by atoms with Gasteiger partial charge in [-0.1, -0.05) is 6.42 Å². The summed E-state index contributed by atoms with van der Waals surface area (Å²) in [6.45, 7) is 5.46. The van der Waals surface area contributed by atoms with Gasteiger partial charge < -0.3 is 10.5 Å². The first-order valence-electron chi connectivity index (χ1n) is 6.92. The molecule has 4 heteroatoms. The van der Waals surface area contributed by atoms with E-state index in [2.05, 4.69) is 4.90 Å². The molecule has 1 saturated heterocycles. The van der Waals surface area contributed by atoms with E-state index in [4.69, 9.17) is 10.5 Å². The highest BCUT2D eigenvalue weighted by atomic mass is 16.5. The van der Waals surface area contributed by atoms with E-state index in [1.54, 1.807) is 12.1 Å². The Kier molecular flexibility index (Phi) is 4.80. The highest BCUT2D eigenvalue weighted by molar-refractivity contribution is 5.99. The lowest BCUT2D eigenvalue weighted by atomic mass is 10.1. The molecule has 2 rings (SSSR count).